The van der Waals surface area contributed by atoms with Crippen LogP contribution >= 0.6 is 0 Å². The smallest absolute Gasteiger partial charge is 0.101 e. The van der Waals surface area contributed by atoms with Gasteiger partial charge in [-0.25, -0.2) is 0 Å². The van der Waals surface area contributed by atoms with Crippen LogP contribution in [0.3, 0.4) is 0 Å². The molecular formula is C45H90N2. The fourth-order valence-corrected chi connectivity index (χ4v) is 7.78. The molecule has 1 aliphatic rings. The quantitative estimate of drug-likeness (QED) is 0.0606. The zero-order chi connectivity index (χ0) is 33.7. The lowest BCUT2D eigenvalue weighted by atomic mass is 10.0. The lowest BCUT2D eigenvalue weighted by Gasteiger charge is -2.33. The number of rotatable bonds is 39. The average molecular weight is 659 g/mol. The van der Waals surface area contributed by atoms with Crippen LogP contribution in [-0.4, -0.2) is 29.1 Å². The minimum absolute atomic E-state index is 0.638. The van der Waals surface area contributed by atoms with Crippen LogP contribution in [0.15, 0.2) is 12.4 Å². The molecule has 0 amide bonds. The maximum atomic E-state index is 2.73. The molecule has 1 aliphatic heterocycles. The van der Waals surface area contributed by atoms with Gasteiger partial charge in [-0.3, -0.25) is 0 Å². The van der Waals surface area contributed by atoms with E-state index in [0.29, 0.717) is 6.17 Å². The molecule has 0 fully saturated rings. The minimum Gasteiger partial charge on any atom is -0.356 e. The molecule has 0 radical (unpaired) electrons. The van der Waals surface area contributed by atoms with Gasteiger partial charge in [0.2, 0.25) is 0 Å². The minimum atomic E-state index is 0.638. The standard InChI is InChI=1S/C45H90N2/c1-4-7-10-13-16-18-20-22-23-24-26-28-30-33-36-39-42-47-44-43-46(45(47)40-37-34-31-15-12-9-6-3)41-38-35-32-29-27-25-21-19-17-14-11-8-5-2/h43-45H,4-42H2,1-3H3. The van der Waals surface area contributed by atoms with Gasteiger partial charge in [-0.1, -0.05) is 233 Å². The summed E-state index contributed by atoms with van der Waals surface area (Å²) in [6, 6.07) is 0. The van der Waals surface area contributed by atoms with Crippen molar-refractivity contribution in [2.45, 2.75) is 265 Å². The molecule has 0 bridgehead atoms. The molecule has 2 heteroatoms. The number of hydrogen-bond acceptors (Lipinski definition) is 2. The fourth-order valence-electron chi connectivity index (χ4n) is 7.78. The highest BCUT2D eigenvalue weighted by atomic mass is 15.4. The van der Waals surface area contributed by atoms with E-state index < -0.39 is 0 Å². The lowest BCUT2D eigenvalue weighted by molar-refractivity contribution is 0.135. The van der Waals surface area contributed by atoms with Crippen LogP contribution in [-0.2, 0) is 0 Å². The Morgan fingerprint density at radius 3 is 0.745 bits per heavy atom. The molecule has 0 saturated heterocycles. The van der Waals surface area contributed by atoms with Gasteiger partial charge in [-0.2, -0.15) is 0 Å². The first kappa shape index (κ1) is 44.4. The first-order valence-electron chi connectivity index (χ1n) is 22.5. The third-order valence-electron chi connectivity index (χ3n) is 11.1. The molecule has 2 nitrogen and oxygen atoms in total. The first-order valence-corrected chi connectivity index (χ1v) is 22.5. The van der Waals surface area contributed by atoms with Crippen LogP contribution in [0.2, 0.25) is 0 Å². The molecule has 280 valence electrons. The summed E-state index contributed by atoms with van der Waals surface area (Å²) in [5.41, 5.74) is 0. The van der Waals surface area contributed by atoms with Crippen molar-refractivity contribution in [2.75, 3.05) is 13.1 Å². The number of unbranched alkanes of at least 4 members (excludes halogenated alkanes) is 33. The summed E-state index contributed by atoms with van der Waals surface area (Å²) in [5.74, 6) is 0. The van der Waals surface area contributed by atoms with Crippen molar-refractivity contribution in [3.63, 3.8) is 0 Å². The van der Waals surface area contributed by atoms with E-state index in [-0.39, 0.29) is 0 Å². The summed E-state index contributed by atoms with van der Waals surface area (Å²) in [5, 5.41) is 0. The second-order valence-corrected chi connectivity index (χ2v) is 15.7. The van der Waals surface area contributed by atoms with Crippen molar-refractivity contribution in [1.82, 2.24) is 9.80 Å². The maximum absolute atomic E-state index is 2.73. The Bertz CT molecular complexity index is 615. The van der Waals surface area contributed by atoms with Crippen LogP contribution in [0.1, 0.15) is 258 Å². The van der Waals surface area contributed by atoms with Crippen molar-refractivity contribution in [1.29, 1.82) is 0 Å². The van der Waals surface area contributed by atoms with Crippen LogP contribution in [0.25, 0.3) is 0 Å². The summed E-state index contributed by atoms with van der Waals surface area (Å²) in [6.07, 6.45) is 58.9. The Kier molecular flexibility index (Phi) is 34.6. The summed E-state index contributed by atoms with van der Waals surface area (Å²) in [4.78, 5) is 5.45. The highest BCUT2D eigenvalue weighted by molar-refractivity contribution is 4.97. The normalized spacial score (nSPS) is 14.7. The molecule has 1 heterocycles. The summed E-state index contributed by atoms with van der Waals surface area (Å²) in [7, 11) is 0. The van der Waals surface area contributed by atoms with E-state index in [1.54, 1.807) is 0 Å². The van der Waals surface area contributed by atoms with Gasteiger partial charge in [0.15, 0.2) is 0 Å². The Hall–Kier alpha value is -0.660. The van der Waals surface area contributed by atoms with E-state index in [4.69, 9.17) is 0 Å². The molecule has 1 atom stereocenters. The Morgan fingerprint density at radius 1 is 0.277 bits per heavy atom. The first-order chi connectivity index (χ1) is 23.3. The molecule has 0 saturated carbocycles. The van der Waals surface area contributed by atoms with Gasteiger partial charge in [0.1, 0.15) is 6.17 Å². The van der Waals surface area contributed by atoms with Crippen molar-refractivity contribution in [3.05, 3.63) is 12.4 Å². The van der Waals surface area contributed by atoms with Gasteiger partial charge in [-0.05, 0) is 25.7 Å². The number of nitrogens with zero attached hydrogens (tertiary/aromatic N) is 2. The van der Waals surface area contributed by atoms with E-state index in [0.717, 1.165) is 0 Å². The van der Waals surface area contributed by atoms with Gasteiger partial charge in [0.05, 0.1) is 0 Å². The molecule has 0 aromatic carbocycles. The second-order valence-electron chi connectivity index (χ2n) is 15.7. The topological polar surface area (TPSA) is 6.48 Å². The highest BCUT2D eigenvalue weighted by Gasteiger charge is 2.24. The van der Waals surface area contributed by atoms with Gasteiger partial charge in [-0.15, -0.1) is 0 Å². The molecule has 0 aromatic heterocycles. The number of hydrogen-bond donors (Lipinski definition) is 0. The lowest BCUT2D eigenvalue weighted by Crippen LogP contribution is -2.39. The highest BCUT2D eigenvalue weighted by Crippen LogP contribution is 2.24. The van der Waals surface area contributed by atoms with Crippen LogP contribution in [0.5, 0.6) is 0 Å². The summed E-state index contributed by atoms with van der Waals surface area (Å²) < 4.78 is 0. The van der Waals surface area contributed by atoms with E-state index in [1.807, 2.05) is 0 Å². The van der Waals surface area contributed by atoms with E-state index >= 15 is 0 Å². The molecule has 0 aliphatic carbocycles. The third-order valence-corrected chi connectivity index (χ3v) is 11.1. The van der Waals surface area contributed by atoms with Crippen LogP contribution in [0.4, 0.5) is 0 Å². The zero-order valence-corrected chi connectivity index (χ0v) is 33.2. The van der Waals surface area contributed by atoms with Gasteiger partial charge in [0, 0.05) is 25.5 Å². The average Bonchev–Trinajstić information content (AvgIpc) is 3.47. The van der Waals surface area contributed by atoms with Gasteiger partial charge in [0.25, 0.3) is 0 Å². The van der Waals surface area contributed by atoms with E-state index in [1.165, 1.54) is 251 Å². The molecule has 47 heavy (non-hydrogen) atoms. The van der Waals surface area contributed by atoms with Gasteiger partial charge < -0.3 is 9.80 Å². The van der Waals surface area contributed by atoms with Crippen LogP contribution < -0.4 is 0 Å². The monoisotopic (exact) mass is 659 g/mol. The third kappa shape index (κ3) is 28.8. The van der Waals surface area contributed by atoms with E-state index in [9.17, 15) is 0 Å². The van der Waals surface area contributed by atoms with Crippen molar-refractivity contribution in [3.8, 4) is 0 Å². The van der Waals surface area contributed by atoms with Crippen molar-refractivity contribution < 1.29 is 0 Å². The van der Waals surface area contributed by atoms with E-state index in [2.05, 4.69) is 43.0 Å². The maximum Gasteiger partial charge on any atom is 0.101 e. The Morgan fingerprint density at radius 2 is 0.489 bits per heavy atom. The molecule has 0 N–H and O–H groups in total. The molecule has 1 rings (SSSR count). The molecule has 0 aromatic rings. The van der Waals surface area contributed by atoms with Gasteiger partial charge >= 0.3 is 0 Å². The largest absolute Gasteiger partial charge is 0.356 e. The van der Waals surface area contributed by atoms with Crippen LogP contribution in [0, 0.1) is 0 Å². The molecule has 1 unspecified atom stereocenters. The Labute approximate surface area is 299 Å². The zero-order valence-electron chi connectivity index (χ0n) is 33.2. The van der Waals surface area contributed by atoms with Crippen molar-refractivity contribution >= 4 is 0 Å². The van der Waals surface area contributed by atoms with Crippen molar-refractivity contribution in [2.24, 2.45) is 0 Å². The fraction of sp³-hybridized carbons (Fsp3) is 0.956. The molecular weight excluding hydrogens is 569 g/mol. The predicted molar refractivity (Wildman–Crippen MR) is 214 cm³/mol. The SMILES string of the molecule is CCCCCCCCCCCCCCCCCCN1C=CN(CCCCCCCCCCCCCCC)C1CCCCCCCCC. The molecule has 0 spiro atoms. The second kappa shape index (κ2) is 36.6. The Balaban J connectivity index is 2.14. The summed E-state index contributed by atoms with van der Waals surface area (Å²) >= 11 is 0. The summed E-state index contributed by atoms with van der Waals surface area (Å²) in [6.45, 7) is 9.49. The predicted octanol–water partition coefficient (Wildman–Crippen LogP) is 15.9.